The van der Waals surface area contributed by atoms with Crippen LogP contribution in [0.15, 0.2) is 24.5 Å². The molecule has 1 atom stereocenters. The Kier molecular flexibility index (Phi) is 4.08. The van der Waals surface area contributed by atoms with E-state index < -0.39 is 0 Å². The molecule has 1 saturated carbocycles. The number of anilines is 1. The Morgan fingerprint density at radius 2 is 2.13 bits per heavy atom. The molecule has 9 heteroatoms. The molecule has 9 nitrogen and oxygen atoms in total. The summed E-state index contributed by atoms with van der Waals surface area (Å²) in [5.41, 5.74) is 4.36. The van der Waals surface area contributed by atoms with Crippen LogP contribution in [0.2, 0.25) is 0 Å². The van der Waals surface area contributed by atoms with Crippen LogP contribution in [0.5, 0.6) is 5.75 Å². The van der Waals surface area contributed by atoms with Crippen molar-refractivity contribution in [1.29, 1.82) is 0 Å². The average Bonchev–Trinajstić information content (AvgIpc) is 3.36. The van der Waals surface area contributed by atoms with Gasteiger partial charge in [-0.25, -0.2) is 14.5 Å². The molecule has 1 saturated heterocycles. The highest BCUT2D eigenvalue weighted by Crippen LogP contribution is 2.43. The number of hydrogen-bond acceptors (Lipinski definition) is 7. The largest absolute Gasteiger partial charge is 0.495 e. The molecule has 3 N–H and O–H groups in total. The van der Waals surface area contributed by atoms with Gasteiger partial charge in [0.1, 0.15) is 22.7 Å². The average molecular weight is 404 g/mol. The van der Waals surface area contributed by atoms with E-state index in [0.717, 1.165) is 84.0 Å². The smallest absolute Gasteiger partial charge is 0.157 e. The summed E-state index contributed by atoms with van der Waals surface area (Å²) in [6.45, 7) is 2.01. The number of nitrogens with zero attached hydrogens (tertiary/aromatic N) is 5. The van der Waals surface area contributed by atoms with Crippen molar-refractivity contribution in [2.24, 2.45) is 0 Å². The molecule has 30 heavy (non-hydrogen) atoms. The molecular weight excluding hydrogens is 380 g/mol. The zero-order valence-corrected chi connectivity index (χ0v) is 16.9. The third kappa shape index (κ3) is 2.97. The first-order valence-electron chi connectivity index (χ1n) is 10.5. The lowest BCUT2D eigenvalue weighted by molar-refractivity contribution is 0.405. The van der Waals surface area contributed by atoms with Crippen LogP contribution in [0, 0.1) is 0 Å². The van der Waals surface area contributed by atoms with Gasteiger partial charge < -0.3 is 15.4 Å². The Morgan fingerprint density at radius 1 is 1.20 bits per heavy atom. The van der Waals surface area contributed by atoms with Crippen molar-refractivity contribution >= 4 is 22.4 Å². The van der Waals surface area contributed by atoms with Crippen LogP contribution in [0.1, 0.15) is 37.3 Å². The van der Waals surface area contributed by atoms with Crippen molar-refractivity contribution in [2.45, 2.75) is 37.6 Å². The maximum absolute atomic E-state index is 5.56. The van der Waals surface area contributed by atoms with Crippen LogP contribution in [0.3, 0.4) is 0 Å². The summed E-state index contributed by atoms with van der Waals surface area (Å²) >= 11 is 0. The number of ether oxygens (including phenoxy) is 1. The fourth-order valence-electron chi connectivity index (χ4n) is 4.24. The number of imidazole rings is 1. The van der Waals surface area contributed by atoms with Crippen molar-refractivity contribution in [3.05, 3.63) is 30.2 Å². The number of piperidine rings is 1. The van der Waals surface area contributed by atoms with Crippen molar-refractivity contribution in [3.8, 4) is 17.1 Å². The summed E-state index contributed by atoms with van der Waals surface area (Å²) in [6.07, 6.45) is 8.25. The summed E-state index contributed by atoms with van der Waals surface area (Å²) < 4.78 is 7.45. The SMILES string of the molecule is COc1cc2ncc(-c3cc4cn[nH]c4c(N[C@@H]4CCCNC4)n3)n2nc1C1CC1. The number of nitrogens with one attached hydrogen (secondary N) is 3. The van der Waals surface area contributed by atoms with Crippen molar-refractivity contribution in [1.82, 2.24) is 35.1 Å². The second kappa shape index (κ2) is 6.94. The Hall–Kier alpha value is -3.20. The van der Waals surface area contributed by atoms with Crippen LogP contribution in [-0.4, -0.2) is 56.0 Å². The molecule has 0 spiro atoms. The second-order valence-corrected chi connectivity index (χ2v) is 8.16. The lowest BCUT2D eigenvalue weighted by atomic mass is 10.1. The minimum absolute atomic E-state index is 0.346. The van der Waals surface area contributed by atoms with Crippen molar-refractivity contribution in [2.75, 3.05) is 25.5 Å². The van der Waals surface area contributed by atoms with Crippen LogP contribution in [0.25, 0.3) is 27.9 Å². The highest BCUT2D eigenvalue weighted by Gasteiger charge is 2.30. The predicted molar refractivity (Wildman–Crippen MR) is 114 cm³/mol. The van der Waals surface area contributed by atoms with E-state index in [9.17, 15) is 0 Å². The van der Waals surface area contributed by atoms with Crippen LogP contribution in [0.4, 0.5) is 5.82 Å². The number of fused-ring (bicyclic) bond motifs is 2. The summed E-state index contributed by atoms with van der Waals surface area (Å²) in [7, 11) is 1.69. The zero-order valence-electron chi connectivity index (χ0n) is 16.9. The molecule has 154 valence electrons. The Balaban J connectivity index is 1.46. The van der Waals surface area contributed by atoms with E-state index in [1.54, 1.807) is 7.11 Å². The van der Waals surface area contributed by atoms with Gasteiger partial charge in [-0.1, -0.05) is 0 Å². The maximum Gasteiger partial charge on any atom is 0.157 e. The van der Waals surface area contributed by atoms with E-state index in [0.29, 0.717) is 12.0 Å². The number of aromatic amines is 1. The standard InChI is InChI=1S/C21H24N8O/c1-30-17-8-18-23-11-16(29(18)28-19(17)12-4-5-12)15-7-13-9-24-27-20(13)21(26-15)25-14-3-2-6-22-10-14/h7-9,11-12,14,22H,2-6,10H2,1H3,(H,24,27)(H,25,26)/t14-/m1/s1. The van der Waals surface area contributed by atoms with Crippen molar-refractivity contribution < 1.29 is 4.74 Å². The van der Waals surface area contributed by atoms with Gasteiger partial charge in [0.25, 0.3) is 0 Å². The van der Waals surface area contributed by atoms with E-state index in [2.05, 4.69) is 25.8 Å². The summed E-state index contributed by atoms with van der Waals surface area (Å²) in [6, 6.07) is 4.35. The van der Waals surface area contributed by atoms with Gasteiger partial charge in [-0.3, -0.25) is 5.10 Å². The highest BCUT2D eigenvalue weighted by atomic mass is 16.5. The quantitative estimate of drug-likeness (QED) is 0.470. The van der Waals surface area contributed by atoms with Gasteiger partial charge >= 0.3 is 0 Å². The fraction of sp³-hybridized carbons (Fsp3) is 0.429. The topological polar surface area (TPSA) is 105 Å². The fourth-order valence-corrected chi connectivity index (χ4v) is 4.24. The monoisotopic (exact) mass is 404 g/mol. The van der Waals surface area contributed by atoms with Gasteiger partial charge in [0.2, 0.25) is 0 Å². The molecule has 0 amide bonds. The maximum atomic E-state index is 5.56. The Bertz CT molecular complexity index is 1220. The lowest BCUT2D eigenvalue weighted by Crippen LogP contribution is -2.38. The van der Waals surface area contributed by atoms with Gasteiger partial charge in [-0.2, -0.15) is 10.2 Å². The van der Waals surface area contributed by atoms with Gasteiger partial charge in [0.15, 0.2) is 11.5 Å². The normalized spacial score (nSPS) is 19.4. The number of H-pyrrole nitrogens is 1. The number of methoxy groups -OCH3 is 1. The van der Waals surface area contributed by atoms with Gasteiger partial charge in [-0.05, 0) is 38.3 Å². The molecule has 4 aromatic heterocycles. The number of hydrogen-bond donors (Lipinski definition) is 3. The third-order valence-electron chi connectivity index (χ3n) is 6.00. The van der Waals surface area contributed by atoms with Crippen LogP contribution < -0.4 is 15.4 Å². The molecular formula is C21H24N8O. The van der Waals surface area contributed by atoms with E-state index in [1.165, 1.54) is 0 Å². The molecule has 1 aliphatic heterocycles. The zero-order chi connectivity index (χ0) is 20.1. The minimum atomic E-state index is 0.346. The van der Waals surface area contributed by atoms with Gasteiger partial charge in [0.05, 0.1) is 25.2 Å². The molecule has 0 aromatic carbocycles. The first-order valence-corrected chi connectivity index (χ1v) is 10.5. The molecule has 2 aliphatic rings. The third-order valence-corrected chi connectivity index (χ3v) is 6.00. The van der Waals surface area contributed by atoms with E-state index >= 15 is 0 Å². The summed E-state index contributed by atoms with van der Waals surface area (Å²) in [5.74, 6) is 2.10. The highest BCUT2D eigenvalue weighted by molar-refractivity contribution is 5.91. The predicted octanol–water partition coefficient (Wildman–Crippen LogP) is 2.72. The van der Waals surface area contributed by atoms with Gasteiger partial charge in [-0.15, -0.1) is 0 Å². The minimum Gasteiger partial charge on any atom is -0.495 e. The molecule has 4 aromatic rings. The lowest BCUT2D eigenvalue weighted by Gasteiger charge is -2.24. The van der Waals surface area contributed by atoms with Crippen molar-refractivity contribution in [3.63, 3.8) is 0 Å². The first kappa shape index (κ1) is 17.6. The number of pyridine rings is 1. The molecule has 0 bridgehead atoms. The van der Waals surface area contributed by atoms with E-state index in [1.807, 2.05) is 29.0 Å². The van der Waals surface area contributed by atoms with Gasteiger partial charge in [0, 0.05) is 30.0 Å². The molecule has 6 rings (SSSR count). The Labute approximate surface area is 173 Å². The second-order valence-electron chi connectivity index (χ2n) is 8.16. The van der Waals surface area contributed by atoms with E-state index in [-0.39, 0.29) is 0 Å². The van der Waals surface area contributed by atoms with E-state index in [4.69, 9.17) is 14.8 Å². The van der Waals surface area contributed by atoms with Crippen LogP contribution in [-0.2, 0) is 0 Å². The van der Waals surface area contributed by atoms with Crippen LogP contribution >= 0.6 is 0 Å². The molecule has 2 fully saturated rings. The number of aromatic nitrogens is 6. The Morgan fingerprint density at radius 3 is 2.93 bits per heavy atom. The molecule has 1 aliphatic carbocycles. The molecule has 0 radical (unpaired) electrons. The number of rotatable bonds is 5. The summed E-state index contributed by atoms with van der Waals surface area (Å²) in [5, 5.41) is 20.3. The molecule has 5 heterocycles. The molecule has 0 unspecified atom stereocenters. The first-order chi connectivity index (χ1) is 14.8. The summed E-state index contributed by atoms with van der Waals surface area (Å²) in [4.78, 5) is 9.51.